The second kappa shape index (κ2) is 7.32. The number of hydrogen-bond donors (Lipinski definition) is 0. The van der Waals surface area contributed by atoms with E-state index in [2.05, 4.69) is 26.1 Å². The van der Waals surface area contributed by atoms with Crippen molar-refractivity contribution in [2.45, 2.75) is 24.3 Å². The normalized spacial score (nSPS) is 12.1. The Bertz CT molecular complexity index is 861. The number of aryl methyl sites for hydroxylation is 1. The monoisotopic (exact) mass is 402 g/mol. The number of benzene rings is 2. The zero-order valence-electron chi connectivity index (χ0n) is 13.2. The van der Waals surface area contributed by atoms with Crippen LogP contribution in [0, 0.1) is 6.92 Å². The van der Waals surface area contributed by atoms with Crippen molar-refractivity contribution in [1.29, 1.82) is 0 Å². The minimum Gasteiger partial charge on any atom is -0.411 e. The van der Waals surface area contributed by atoms with Gasteiger partial charge in [0.1, 0.15) is 0 Å². The molecular weight excluding hydrogens is 388 g/mol. The molecule has 1 aromatic heterocycles. The summed E-state index contributed by atoms with van der Waals surface area (Å²) >= 11 is 4.63. The Labute approximate surface area is 152 Å². The number of carbonyl (C=O) groups is 1. The van der Waals surface area contributed by atoms with Crippen LogP contribution in [-0.2, 0) is 0 Å². The van der Waals surface area contributed by atoms with E-state index >= 15 is 0 Å². The number of ketones is 1. The molecule has 0 fully saturated rings. The molecule has 0 aliphatic rings. The number of aromatic nitrogens is 2. The molecule has 0 N–H and O–H groups in total. The highest BCUT2D eigenvalue weighted by molar-refractivity contribution is 9.10. The molecule has 6 heteroatoms. The number of carbonyl (C=O) groups excluding carboxylic acids is 1. The first-order chi connectivity index (χ1) is 11.5. The summed E-state index contributed by atoms with van der Waals surface area (Å²) in [6.07, 6.45) is 0. The van der Waals surface area contributed by atoms with E-state index in [9.17, 15) is 4.79 Å². The number of rotatable bonds is 5. The molecule has 0 spiro atoms. The van der Waals surface area contributed by atoms with Gasteiger partial charge in [-0.2, -0.15) is 0 Å². The third-order valence-corrected chi connectivity index (χ3v) is 4.91. The Kier molecular flexibility index (Phi) is 5.16. The summed E-state index contributed by atoms with van der Waals surface area (Å²) in [6.45, 7) is 3.85. The molecule has 0 saturated heterocycles. The Morgan fingerprint density at radius 1 is 1.17 bits per heavy atom. The lowest BCUT2D eigenvalue weighted by molar-refractivity contribution is 0.0993. The third-order valence-electron chi connectivity index (χ3n) is 3.45. The lowest BCUT2D eigenvalue weighted by Crippen LogP contribution is -2.13. The van der Waals surface area contributed by atoms with Gasteiger partial charge in [-0.25, -0.2) is 0 Å². The van der Waals surface area contributed by atoms with E-state index in [0.717, 1.165) is 15.6 Å². The maximum Gasteiger partial charge on any atom is 0.277 e. The SMILES string of the molecule is Cc1cccc(-c2nnc(S[C@@H](C)C(=O)c3ccc(Br)cc3)o2)c1. The van der Waals surface area contributed by atoms with Crippen LogP contribution in [0.1, 0.15) is 22.8 Å². The first kappa shape index (κ1) is 16.9. The molecule has 0 radical (unpaired) electrons. The Hall–Kier alpha value is -1.92. The van der Waals surface area contributed by atoms with Gasteiger partial charge in [0.2, 0.25) is 5.89 Å². The molecule has 2 aromatic carbocycles. The molecule has 122 valence electrons. The fraction of sp³-hybridized carbons (Fsp3) is 0.167. The van der Waals surface area contributed by atoms with Gasteiger partial charge >= 0.3 is 0 Å². The average molecular weight is 403 g/mol. The van der Waals surface area contributed by atoms with Crippen LogP contribution in [0.3, 0.4) is 0 Å². The topological polar surface area (TPSA) is 56.0 Å². The van der Waals surface area contributed by atoms with Crippen molar-refractivity contribution in [3.63, 3.8) is 0 Å². The summed E-state index contributed by atoms with van der Waals surface area (Å²) in [5, 5.41) is 8.19. The van der Waals surface area contributed by atoms with E-state index in [1.165, 1.54) is 11.8 Å². The van der Waals surface area contributed by atoms with Gasteiger partial charge in [0.05, 0.1) is 5.25 Å². The van der Waals surface area contributed by atoms with Crippen molar-refractivity contribution in [3.05, 3.63) is 64.1 Å². The molecule has 3 rings (SSSR count). The van der Waals surface area contributed by atoms with Gasteiger partial charge in [-0.1, -0.05) is 57.5 Å². The van der Waals surface area contributed by atoms with Crippen LogP contribution in [0.5, 0.6) is 0 Å². The van der Waals surface area contributed by atoms with Crippen LogP contribution in [0.4, 0.5) is 0 Å². The second-order valence-electron chi connectivity index (χ2n) is 5.37. The Morgan fingerprint density at radius 3 is 2.62 bits per heavy atom. The van der Waals surface area contributed by atoms with Gasteiger partial charge in [0, 0.05) is 15.6 Å². The summed E-state index contributed by atoms with van der Waals surface area (Å²) in [5.41, 5.74) is 2.66. The van der Waals surface area contributed by atoms with Gasteiger partial charge in [0.25, 0.3) is 5.22 Å². The van der Waals surface area contributed by atoms with Crippen molar-refractivity contribution >= 4 is 33.5 Å². The van der Waals surface area contributed by atoms with Gasteiger partial charge in [-0.15, -0.1) is 10.2 Å². The van der Waals surface area contributed by atoms with E-state index in [1.807, 2.05) is 50.2 Å². The van der Waals surface area contributed by atoms with Crippen LogP contribution < -0.4 is 0 Å². The second-order valence-corrected chi connectivity index (χ2v) is 7.58. The van der Waals surface area contributed by atoms with Crippen molar-refractivity contribution in [3.8, 4) is 11.5 Å². The van der Waals surface area contributed by atoms with Gasteiger partial charge in [-0.05, 0) is 38.1 Å². The third kappa shape index (κ3) is 3.94. The molecule has 1 heterocycles. The van der Waals surface area contributed by atoms with Crippen molar-refractivity contribution < 1.29 is 9.21 Å². The number of thioether (sulfide) groups is 1. The predicted octanol–water partition coefficient (Wildman–Crippen LogP) is 5.17. The molecule has 3 aromatic rings. The highest BCUT2D eigenvalue weighted by atomic mass is 79.9. The van der Waals surface area contributed by atoms with Gasteiger partial charge in [0.15, 0.2) is 5.78 Å². The highest BCUT2D eigenvalue weighted by Gasteiger charge is 2.20. The zero-order chi connectivity index (χ0) is 17.1. The highest BCUT2D eigenvalue weighted by Crippen LogP contribution is 2.28. The summed E-state index contributed by atoms with van der Waals surface area (Å²) in [5.74, 6) is 0.493. The maximum atomic E-state index is 12.5. The minimum absolute atomic E-state index is 0.0304. The van der Waals surface area contributed by atoms with E-state index < -0.39 is 0 Å². The van der Waals surface area contributed by atoms with Crippen LogP contribution in [0.2, 0.25) is 0 Å². The van der Waals surface area contributed by atoms with E-state index in [0.29, 0.717) is 16.7 Å². The van der Waals surface area contributed by atoms with E-state index in [-0.39, 0.29) is 11.0 Å². The summed E-state index contributed by atoms with van der Waals surface area (Å²) in [7, 11) is 0. The molecule has 0 saturated carbocycles. The number of halogens is 1. The zero-order valence-corrected chi connectivity index (χ0v) is 15.6. The molecule has 1 atom stereocenters. The molecule has 4 nitrogen and oxygen atoms in total. The fourth-order valence-corrected chi connectivity index (χ4v) is 3.23. The molecular formula is C18H15BrN2O2S. The van der Waals surface area contributed by atoms with Crippen LogP contribution >= 0.6 is 27.7 Å². The number of Topliss-reactive ketones (excluding diaryl/α,β-unsaturated/α-hetero) is 1. The molecule has 0 aliphatic heterocycles. The summed E-state index contributed by atoms with van der Waals surface area (Å²) < 4.78 is 6.63. The first-order valence-electron chi connectivity index (χ1n) is 7.40. The van der Waals surface area contributed by atoms with Crippen molar-refractivity contribution in [2.24, 2.45) is 0 Å². The smallest absolute Gasteiger partial charge is 0.277 e. The van der Waals surface area contributed by atoms with Crippen LogP contribution in [0.25, 0.3) is 11.5 Å². The molecule has 0 unspecified atom stereocenters. The molecule has 0 aliphatic carbocycles. The predicted molar refractivity (Wildman–Crippen MR) is 98.3 cm³/mol. The summed E-state index contributed by atoms with van der Waals surface area (Å²) in [6, 6.07) is 15.2. The standard InChI is InChI=1S/C18H15BrN2O2S/c1-11-4-3-5-14(10-11)17-20-21-18(23-17)24-12(2)16(22)13-6-8-15(19)9-7-13/h3-10,12H,1-2H3/t12-/m0/s1. The molecule has 0 bridgehead atoms. The van der Waals surface area contributed by atoms with E-state index in [1.54, 1.807) is 12.1 Å². The quantitative estimate of drug-likeness (QED) is 0.435. The average Bonchev–Trinajstić information content (AvgIpc) is 3.03. The Balaban J connectivity index is 1.72. The Morgan fingerprint density at radius 2 is 1.92 bits per heavy atom. The van der Waals surface area contributed by atoms with E-state index in [4.69, 9.17) is 4.42 Å². The number of hydrogen-bond acceptors (Lipinski definition) is 5. The van der Waals surface area contributed by atoms with Crippen molar-refractivity contribution in [1.82, 2.24) is 10.2 Å². The minimum atomic E-state index is -0.308. The van der Waals surface area contributed by atoms with Gasteiger partial charge < -0.3 is 4.42 Å². The van der Waals surface area contributed by atoms with Crippen LogP contribution in [-0.4, -0.2) is 21.2 Å². The van der Waals surface area contributed by atoms with Crippen molar-refractivity contribution in [2.75, 3.05) is 0 Å². The maximum absolute atomic E-state index is 12.5. The summed E-state index contributed by atoms with van der Waals surface area (Å²) in [4.78, 5) is 12.5. The van der Waals surface area contributed by atoms with Crippen LogP contribution in [0.15, 0.2) is 62.6 Å². The molecule has 0 amide bonds. The van der Waals surface area contributed by atoms with Gasteiger partial charge in [-0.3, -0.25) is 4.79 Å². The lowest BCUT2D eigenvalue weighted by atomic mass is 10.1. The largest absolute Gasteiger partial charge is 0.411 e. The number of nitrogens with zero attached hydrogens (tertiary/aromatic N) is 2. The fourth-order valence-electron chi connectivity index (χ4n) is 2.21. The lowest BCUT2D eigenvalue weighted by Gasteiger charge is -2.07. The first-order valence-corrected chi connectivity index (χ1v) is 9.07. The molecule has 24 heavy (non-hydrogen) atoms.